The summed E-state index contributed by atoms with van der Waals surface area (Å²) in [6.07, 6.45) is 0.790. The summed E-state index contributed by atoms with van der Waals surface area (Å²) in [4.78, 5) is 10.5. The van der Waals surface area contributed by atoms with Gasteiger partial charge in [-0.05, 0) is 6.42 Å². The van der Waals surface area contributed by atoms with Gasteiger partial charge in [0.05, 0.1) is 30.3 Å². The molecule has 1 unspecified atom stereocenters. The Kier molecular flexibility index (Phi) is 5.77. The fraction of sp³-hybridized carbons (Fsp3) is 0.571. The number of ether oxygens (including phenoxy) is 3. The van der Waals surface area contributed by atoms with Crippen molar-refractivity contribution in [3.05, 3.63) is 28.3 Å². The second-order valence-corrected chi connectivity index (χ2v) is 4.78. The van der Waals surface area contributed by atoms with E-state index in [1.165, 1.54) is 12.1 Å². The summed E-state index contributed by atoms with van der Waals surface area (Å²) in [7, 11) is 0. The topological polar surface area (TPSA) is 82.9 Å². The van der Waals surface area contributed by atoms with Crippen LogP contribution in [-0.2, 0) is 4.74 Å². The smallest absolute Gasteiger partial charge is 0.276 e. The molecule has 0 bridgehead atoms. The van der Waals surface area contributed by atoms with E-state index in [1.54, 1.807) is 6.07 Å². The van der Waals surface area contributed by atoms with Gasteiger partial charge in [-0.2, -0.15) is 0 Å². The third-order valence-corrected chi connectivity index (χ3v) is 2.99. The Morgan fingerprint density at radius 2 is 2.14 bits per heavy atom. The highest BCUT2D eigenvalue weighted by Crippen LogP contribution is 2.28. The number of nitro benzene ring substituents is 1. The first-order valence-corrected chi connectivity index (χ1v) is 7.06. The fourth-order valence-corrected chi connectivity index (χ4v) is 1.96. The monoisotopic (exact) mass is 296 g/mol. The molecule has 0 aromatic heterocycles. The number of hydrogen-bond donors (Lipinski definition) is 1. The van der Waals surface area contributed by atoms with E-state index in [9.17, 15) is 10.1 Å². The molecular weight excluding hydrogens is 276 g/mol. The molecule has 1 aromatic carbocycles. The molecule has 1 aliphatic rings. The maximum atomic E-state index is 10.9. The molecule has 0 radical (unpaired) electrons. The lowest BCUT2D eigenvalue weighted by atomic mass is 10.2. The maximum absolute atomic E-state index is 10.9. The fourth-order valence-electron chi connectivity index (χ4n) is 1.96. The third kappa shape index (κ3) is 4.87. The highest BCUT2D eigenvalue weighted by atomic mass is 16.6. The Labute approximate surface area is 123 Å². The van der Waals surface area contributed by atoms with E-state index < -0.39 is 4.92 Å². The molecule has 1 aromatic rings. The highest BCUT2D eigenvalue weighted by molar-refractivity contribution is 5.46. The van der Waals surface area contributed by atoms with Crippen molar-refractivity contribution < 1.29 is 19.1 Å². The van der Waals surface area contributed by atoms with Crippen molar-refractivity contribution in [2.75, 3.05) is 32.9 Å². The van der Waals surface area contributed by atoms with E-state index in [0.29, 0.717) is 37.9 Å². The number of nitro groups is 1. The number of nitrogens with zero attached hydrogens (tertiary/aromatic N) is 1. The summed E-state index contributed by atoms with van der Waals surface area (Å²) in [5.74, 6) is 0.869. The van der Waals surface area contributed by atoms with Crippen molar-refractivity contribution in [3.63, 3.8) is 0 Å². The van der Waals surface area contributed by atoms with Crippen molar-refractivity contribution in [2.24, 2.45) is 0 Å². The largest absolute Gasteiger partial charge is 0.493 e. The van der Waals surface area contributed by atoms with Gasteiger partial charge in [0.1, 0.15) is 24.2 Å². The van der Waals surface area contributed by atoms with Crippen LogP contribution in [0.1, 0.15) is 13.3 Å². The van der Waals surface area contributed by atoms with Crippen molar-refractivity contribution in [3.8, 4) is 11.5 Å². The summed E-state index contributed by atoms with van der Waals surface area (Å²) >= 11 is 0. The van der Waals surface area contributed by atoms with Crippen molar-refractivity contribution >= 4 is 5.69 Å². The Morgan fingerprint density at radius 3 is 2.76 bits per heavy atom. The third-order valence-electron chi connectivity index (χ3n) is 2.99. The predicted octanol–water partition coefficient (Wildman–Crippen LogP) is 1.75. The van der Waals surface area contributed by atoms with Gasteiger partial charge in [-0.25, -0.2) is 0 Å². The van der Waals surface area contributed by atoms with E-state index in [2.05, 4.69) is 5.32 Å². The second kappa shape index (κ2) is 7.80. The first-order valence-electron chi connectivity index (χ1n) is 7.06. The van der Waals surface area contributed by atoms with Crippen molar-refractivity contribution in [1.29, 1.82) is 0 Å². The van der Waals surface area contributed by atoms with Crippen LogP contribution in [0, 0.1) is 10.1 Å². The van der Waals surface area contributed by atoms with Gasteiger partial charge in [-0.15, -0.1) is 0 Å². The Bertz CT molecular complexity index is 474. The van der Waals surface area contributed by atoms with Gasteiger partial charge >= 0.3 is 0 Å². The Morgan fingerprint density at radius 1 is 1.38 bits per heavy atom. The highest BCUT2D eigenvalue weighted by Gasteiger charge is 2.16. The zero-order valence-corrected chi connectivity index (χ0v) is 12.0. The van der Waals surface area contributed by atoms with E-state index in [1.807, 2.05) is 6.92 Å². The summed E-state index contributed by atoms with van der Waals surface area (Å²) in [5, 5.41) is 14.1. The van der Waals surface area contributed by atoms with E-state index in [0.717, 1.165) is 13.0 Å². The molecule has 0 amide bonds. The lowest BCUT2D eigenvalue weighted by Crippen LogP contribution is -2.41. The predicted molar refractivity (Wildman–Crippen MR) is 77.0 cm³/mol. The minimum Gasteiger partial charge on any atom is -0.493 e. The van der Waals surface area contributed by atoms with E-state index in [-0.39, 0.29) is 11.8 Å². The van der Waals surface area contributed by atoms with Crippen LogP contribution in [-0.4, -0.2) is 43.9 Å². The van der Waals surface area contributed by atoms with Gasteiger partial charge in [0.15, 0.2) is 0 Å². The molecule has 0 saturated carbocycles. The Hall–Kier alpha value is -1.86. The number of nitrogens with one attached hydrogen (secondary N) is 1. The molecule has 1 aliphatic heterocycles. The number of benzene rings is 1. The summed E-state index contributed by atoms with van der Waals surface area (Å²) in [6, 6.07) is 4.47. The molecule has 2 rings (SSSR count). The average Bonchev–Trinajstić information content (AvgIpc) is 2.51. The zero-order chi connectivity index (χ0) is 15.1. The number of non-ortho nitro benzene ring substituents is 1. The molecule has 1 N–H and O–H groups in total. The van der Waals surface area contributed by atoms with Gasteiger partial charge in [-0.3, -0.25) is 10.1 Å². The van der Waals surface area contributed by atoms with Crippen LogP contribution >= 0.6 is 0 Å². The molecule has 1 atom stereocenters. The first kappa shape index (κ1) is 15.5. The molecule has 0 aliphatic carbocycles. The van der Waals surface area contributed by atoms with Crippen LogP contribution in [0.5, 0.6) is 11.5 Å². The molecule has 21 heavy (non-hydrogen) atoms. The van der Waals surface area contributed by atoms with Crippen LogP contribution in [0.25, 0.3) is 0 Å². The summed E-state index contributed by atoms with van der Waals surface area (Å²) < 4.78 is 16.6. The SMILES string of the molecule is CCCOc1cc(OCC2CNCCO2)cc([N+](=O)[O-])c1. The number of morpholine rings is 1. The summed E-state index contributed by atoms with van der Waals surface area (Å²) in [5.41, 5.74) is -0.0405. The van der Waals surface area contributed by atoms with E-state index >= 15 is 0 Å². The van der Waals surface area contributed by atoms with Crippen molar-refractivity contribution in [2.45, 2.75) is 19.4 Å². The number of hydrogen-bond acceptors (Lipinski definition) is 6. The maximum Gasteiger partial charge on any atom is 0.276 e. The van der Waals surface area contributed by atoms with Crippen LogP contribution in [0.15, 0.2) is 18.2 Å². The van der Waals surface area contributed by atoms with E-state index in [4.69, 9.17) is 14.2 Å². The average molecular weight is 296 g/mol. The first-order chi connectivity index (χ1) is 10.2. The quantitative estimate of drug-likeness (QED) is 0.609. The van der Waals surface area contributed by atoms with Gasteiger partial charge in [0, 0.05) is 19.2 Å². The zero-order valence-electron chi connectivity index (χ0n) is 12.0. The molecule has 0 spiro atoms. The molecular formula is C14H20N2O5. The van der Waals surface area contributed by atoms with Crippen LogP contribution in [0.2, 0.25) is 0 Å². The molecule has 7 nitrogen and oxygen atoms in total. The van der Waals surface area contributed by atoms with Gasteiger partial charge in [0.2, 0.25) is 0 Å². The molecule has 1 saturated heterocycles. The lowest BCUT2D eigenvalue weighted by molar-refractivity contribution is -0.385. The van der Waals surface area contributed by atoms with Gasteiger partial charge in [-0.1, -0.05) is 6.92 Å². The molecule has 7 heteroatoms. The van der Waals surface area contributed by atoms with Crippen molar-refractivity contribution in [1.82, 2.24) is 5.32 Å². The molecule has 1 fully saturated rings. The molecule has 116 valence electrons. The lowest BCUT2D eigenvalue weighted by Gasteiger charge is -2.23. The normalized spacial score (nSPS) is 18.2. The Balaban J connectivity index is 2.02. The second-order valence-electron chi connectivity index (χ2n) is 4.78. The standard InChI is InChI=1S/C14H20N2O5/c1-2-4-19-12-6-11(16(17)18)7-13(8-12)21-10-14-9-15-3-5-20-14/h6-8,14-15H,2-5,9-10H2,1H3. The van der Waals surface area contributed by atoms with Crippen LogP contribution in [0.4, 0.5) is 5.69 Å². The number of rotatable bonds is 7. The minimum absolute atomic E-state index is 0.0405. The van der Waals surface area contributed by atoms with Crippen LogP contribution < -0.4 is 14.8 Å². The molecule has 1 heterocycles. The van der Waals surface area contributed by atoms with Crippen LogP contribution in [0.3, 0.4) is 0 Å². The van der Waals surface area contributed by atoms with Gasteiger partial charge in [0.25, 0.3) is 5.69 Å². The summed E-state index contributed by atoms with van der Waals surface area (Å²) in [6.45, 7) is 5.03. The minimum atomic E-state index is -0.454. The van der Waals surface area contributed by atoms with Gasteiger partial charge < -0.3 is 19.5 Å².